The highest BCUT2D eigenvalue weighted by Crippen LogP contribution is 2.28. The molecule has 20 heavy (non-hydrogen) atoms. The van der Waals surface area contributed by atoms with Crippen LogP contribution in [0, 0.1) is 11.6 Å². The molecule has 3 rings (SSSR count). The maximum atomic E-state index is 13.5. The van der Waals surface area contributed by atoms with E-state index in [9.17, 15) is 8.78 Å². The fourth-order valence-electron chi connectivity index (χ4n) is 2.66. The number of anilines is 1. The van der Waals surface area contributed by atoms with Crippen molar-refractivity contribution < 1.29 is 8.78 Å². The van der Waals surface area contributed by atoms with Crippen LogP contribution >= 0.6 is 0 Å². The number of nitrogens with zero attached hydrogens (tertiary/aromatic N) is 2. The fraction of sp³-hybridized carbons (Fsp3) is 0.400. The number of rotatable bonds is 4. The van der Waals surface area contributed by atoms with Crippen LogP contribution in [0.4, 0.5) is 14.5 Å². The predicted molar refractivity (Wildman–Crippen MR) is 73.4 cm³/mol. The lowest BCUT2D eigenvalue weighted by Crippen LogP contribution is -2.07. The standard InChI is InChI=1S/C15H17F2N3/c16-11-5-6-14(17)15(9-11)18-10-12-7-8-20(19-12)13-3-1-2-4-13/h5-9,13,18H,1-4,10H2. The zero-order valence-corrected chi connectivity index (χ0v) is 11.1. The lowest BCUT2D eigenvalue weighted by molar-refractivity contribution is 0.463. The summed E-state index contributed by atoms with van der Waals surface area (Å²) in [5.74, 6) is -0.910. The normalized spacial score (nSPS) is 15.7. The maximum absolute atomic E-state index is 13.5. The van der Waals surface area contributed by atoms with Crippen LogP contribution in [0.1, 0.15) is 37.4 Å². The van der Waals surface area contributed by atoms with Crippen molar-refractivity contribution in [2.24, 2.45) is 0 Å². The number of halogens is 2. The summed E-state index contributed by atoms with van der Waals surface area (Å²) in [5, 5.41) is 7.38. The second-order valence-corrected chi connectivity index (χ2v) is 5.20. The Balaban J connectivity index is 1.64. The Morgan fingerprint density at radius 3 is 2.80 bits per heavy atom. The fourth-order valence-corrected chi connectivity index (χ4v) is 2.66. The third-order valence-electron chi connectivity index (χ3n) is 3.75. The Hall–Kier alpha value is -1.91. The summed E-state index contributed by atoms with van der Waals surface area (Å²) < 4.78 is 28.5. The van der Waals surface area contributed by atoms with E-state index in [0.717, 1.165) is 23.9 Å². The zero-order valence-electron chi connectivity index (χ0n) is 11.1. The van der Waals surface area contributed by atoms with Gasteiger partial charge in [-0.3, -0.25) is 4.68 Å². The molecule has 0 saturated heterocycles. The van der Waals surface area contributed by atoms with Gasteiger partial charge in [0.25, 0.3) is 0 Å². The van der Waals surface area contributed by atoms with Crippen molar-refractivity contribution in [1.82, 2.24) is 9.78 Å². The van der Waals surface area contributed by atoms with Crippen LogP contribution < -0.4 is 5.32 Å². The second kappa shape index (κ2) is 5.61. The third kappa shape index (κ3) is 2.81. The van der Waals surface area contributed by atoms with E-state index in [1.54, 1.807) is 0 Å². The molecule has 1 fully saturated rings. The van der Waals surface area contributed by atoms with Gasteiger partial charge >= 0.3 is 0 Å². The first-order valence-electron chi connectivity index (χ1n) is 6.95. The Kier molecular flexibility index (Phi) is 3.67. The number of nitrogens with one attached hydrogen (secondary N) is 1. The molecule has 1 N–H and O–H groups in total. The Morgan fingerprint density at radius 1 is 1.20 bits per heavy atom. The highest BCUT2D eigenvalue weighted by molar-refractivity contribution is 5.45. The lowest BCUT2D eigenvalue weighted by atomic mass is 10.3. The second-order valence-electron chi connectivity index (χ2n) is 5.20. The molecule has 0 aliphatic heterocycles. The summed E-state index contributed by atoms with van der Waals surface area (Å²) in [6.07, 6.45) is 6.83. The van der Waals surface area contributed by atoms with Crippen LogP contribution in [-0.2, 0) is 6.54 Å². The van der Waals surface area contributed by atoms with Crippen molar-refractivity contribution in [1.29, 1.82) is 0 Å². The largest absolute Gasteiger partial charge is 0.377 e. The molecule has 0 bridgehead atoms. The van der Waals surface area contributed by atoms with E-state index < -0.39 is 11.6 Å². The van der Waals surface area contributed by atoms with E-state index in [0.29, 0.717) is 12.6 Å². The van der Waals surface area contributed by atoms with Crippen LogP contribution in [0.3, 0.4) is 0 Å². The Morgan fingerprint density at radius 2 is 2.00 bits per heavy atom. The monoisotopic (exact) mass is 277 g/mol. The first-order chi connectivity index (χ1) is 9.72. The number of hydrogen-bond acceptors (Lipinski definition) is 2. The van der Waals surface area contributed by atoms with Gasteiger partial charge in [0.15, 0.2) is 0 Å². The molecule has 3 nitrogen and oxygen atoms in total. The SMILES string of the molecule is Fc1ccc(F)c(NCc2ccn(C3CCCC3)n2)c1. The minimum Gasteiger partial charge on any atom is -0.377 e. The van der Waals surface area contributed by atoms with Gasteiger partial charge < -0.3 is 5.32 Å². The van der Waals surface area contributed by atoms with Crippen molar-refractivity contribution in [3.05, 3.63) is 47.8 Å². The van der Waals surface area contributed by atoms with E-state index in [2.05, 4.69) is 10.4 Å². The third-order valence-corrected chi connectivity index (χ3v) is 3.75. The molecule has 0 radical (unpaired) electrons. The summed E-state index contributed by atoms with van der Waals surface area (Å²) in [7, 11) is 0. The van der Waals surface area contributed by atoms with E-state index in [1.807, 2.05) is 16.9 Å². The molecule has 1 aliphatic rings. The lowest BCUT2D eigenvalue weighted by Gasteiger charge is -2.09. The summed E-state index contributed by atoms with van der Waals surface area (Å²) >= 11 is 0. The van der Waals surface area contributed by atoms with Crippen LogP contribution in [0.5, 0.6) is 0 Å². The molecule has 1 aromatic heterocycles. The van der Waals surface area contributed by atoms with Gasteiger partial charge in [0, 0.05) is 6.20 Å². The molecule has 0 unspecified atom stereocenters. The van der Waals surface area contributed by atoms with Crippen molar-refractivity contribution in [2.75, 3.05) is 5.32 Å². The molecule has 1 saturated carbocycles. The molecule has 2 aromatic rings. The summed E-state index contributed by atoms with van der Waals surface area (Å²) in [4.78, 5) is 0. The highest BCUT2D eigenvalue weighted by atomic mass is 19.1. The van der Waals surface area contributed by atoms with Gasteiger partial charge in [-0.2, -0.15) is 5.10 Å². The van der Waals surface area contributed by atoms with Crippen LogP contribution in [0.25, 0.3) is 0 Å². The molecule has 0 amide bonds. The quantitative estimate of drug-likeness (QED) is 0.919. The van der Waals surface area contributed by atoms with Gasteiger partial charge in [-0.25, -0.2) is 8.78 Å². The van der Waals surface area contributed by atoms with Gasteiger partial charge in [0.1, 0.15) is 11.6 Å². The van der Waals surface area contributed by atoms with Gasteiger partial charge in [0.2, 0.25) is 0 Å². The zero-order chi connectivity index (χ0) is 13.9. The van der Waals surface area contributed by atoms with Crippen LogP contribution in [0.15, 0.2) is 30.5 Å². The van der Waals surface area contributed by atoms with Crippen molar-refractivity contribution in [3.8, 4) is 0 Å². The average Bonchev–Trinajstić information content (AvgIpc) is 3.09. The van der Waals surface area contributed by atoms with Crippen molar-refractivity contribution >= 4 is 5.69 Å². The molecule has 0 spiro atoms. The number of hydrogen-bond donors (Lipinski definition) is 1. The number of aromatic nitrogens is 2. The molecule has 106 valence electrons. The van der Waals surface area contributed by atoms with E-state index in [-0.39, 0.29) is 5.69 Å². The van der Waals surface area contributed by atoms with Gasteiger partial charge in [-0.05, 0) is 37.1 Å². The summed E-state index contributed by atoms with van der Waals surface area (Å²) in [6, 6.07) is 5.80. The number of benzene rings is 1. The van der Waals surface area contributed by atoms with Gasteiger partial charge in [0.05, 0.1) is 24.0 Å². The summed E-state index contributed by atoms with van der Waals surface area (Å²) in [5.41, 5.74) is 1.00. The Labute approximate surface area is 116 Å². The molecule has 5 heteroatoms. The van der Waals surface area contributed by atoms with Gasteiger partial charge in [-0.15, -0.1) is 0 Å². The van der Waals surface area contributed by atoms with Crippen LogP contribution in [0.2, 0.25) is 0 Å². The molecule has 1 heterocycles. The highest BCUT2D eigenvalue weighted by Gasteiger charge is 2.17. The first kappa shape index (κ1) is 13.1. The molecule has 0 atom stereocenters. The molecular weight excluding hydrogens is 260 g/mol. The van der Waals surface area contributed by atoms with E-state index >= 15 is 0 Å². The Bertz CT molecular complexity index is 589. The average molecular weight is 277 g/mol. The van der Waals surface area contributed by atoms with E-state index in [4.69, 9.17) is 0 Å². The maximum Gasteiger partial charge on any atom is 0.146 e. The van der Waals surface area contributed by atoms with Crippen molar-refractivity contribution in [2.45, 2.75) is 38.3 Å². The smallest absolute Gasteiger partial charge is 0.146 e. The predicted octanol–water partition coefficient (Wildman–Crippen LogP) is 3.89. The summed E-state index contributed by atoms with van der Waals surface area (Å²) in [6.45, 7) is 0.389. The minimum absolute atomic E-state index is 0.167. The molecule has 1 aromatic carbocycles. The molecular formula is C15H17F2N3. The molecule has 1 aliphatic carbocycles. The first-order valence-corrected chi connectivity index (χ1v) is 6.95. The van der Waals surface area contributed by atoms with E-state index in [1.165, 1.54) is 25.7 Å². The van der Waals surface area contributed by atoms with Crippen molar-refractivity contribution in [3.63, 3.8) is 0 Å². The minimum atomic E-state index is -0.457. The topological polar surface area (TPSA) is 29.9 Å². The van der Waals surface area contributed by atoms with Crippen LogP contribution in [-0.4, -0.2) is 9.78 Å². The van der Waals surface area contributed by atoms with Gasteiger partial charge in [-0.1, -0.05) is 12.8 Å².